The fourth-order valence-corrected chi connectivity index (χ4v) is 2.05. The Kier molecular flexibility index (Phi) is 2.45. The molecule has 0 aliphatic rings. The lowest BCUT2D eigenvalue weighted by Crippen LogP contribution is -1.96. The zero-order valence-electron chi connectivity index (χ0n) is 7.80. The standard InChI is InChI=1S/C10H10N2OS/c1-12-9(7-13)5-8(11-12)6-10-3-2-4-14-10/h2-5,7H,6H2,1H3. The number of thiophene rings is 1. The van der Waals surface area contributed by atoms with Crippen LogP contribution in [-0.2, 0) is 13.5 Å². The van der Waals surface area contributed by atoms with Gasteiger partial charge in [-0.3, -0.25) is 9.48 Å². The summed E-state index contributed by atoms with van der Waals surface area (Å²) in [7, 11) is 1.78. The predicted molar refractivity (Wildman–Crippen MR) is 55.7 cm³/mol. The summed E-state index contributed by atoms with van der Waals surface area (Å²) in [4.78, 5) is 11.8. The molecule has 0 aliphatic carbocycles. The fourth-order valence-electron chi connectivity index (χ4n) is 1.33. The van der Waals surface area contributed by atoms with Gasteiger partial charge < -0.3 is 0 Å². The molecule has 14 heavy (non-hydrogen) atoms. The molecular weight excluding hydrogens is 196 g/mol. The molecule has 0 aromatic carbocycles. The van der Waals surface area contributed by atoms with Crippen LogP contribution in [-0.4, -0.2) is 16.1 Å². The van der Waals surface area contributed by atoms with E-state index in [0.29, 0.717) is 5.69 Å². The van der Waals surface area contributed by atoms with Gasteiger partial charge in [-0.1, -0.05) is 6.07 Å². The van der Waals surface area contributed by atoms with E-state index < -0.39 is 0 Å². The molecule has 0 saturated heterocycles. The Hall–Kier alpha value is -1.42. The molecule has 2 rings (SSSR count). The van der Waals surface area contributed by atoms with Gasteiger partial charge >= 0.3 is 0 Å². The first-order chi connectivity index (χ1) is 6.79. The molecule has 0 aliphatic heterocycles. The average molecular weight is 206 g/mol. The number of hydrogen-bond acceptors (Lipinski definition) is 3. The zero-order chi connectivity index (χ0) is 9.97. The molecule has 0 atom stereocenters. The third kappa shape index (κ3) is 1.75. The van der Waals surface area contributed by atoms with Crippen molar-refractivity contribution < 1.29 is 4.79 Å². The number of aldehydes is 1. The van der Waals surface area contributed by atoms with Crippen LogP contribution in [0.2, 0.25) is 0 Å². The van der Waals surface area contributed by atoms with Gasteiger partial charge in [-0.05, 0) is 17.5 Å². The van der Waals surface area contributed by atoms with Crippen molar-refractivity contribution in [3.05, 3.63) is 39.8 Å². The summed E-state index contributed by atoms with van der Waals surface area (Å²) in [6.45, 7) is 0. The monoisotopic (exact) mass is 206 g/mol. The van der Waals surface area contributed by atoms with Gasteiger partial charge in [0, 0.05) is 18.3 Å². The molecule has 3 nitrogen and oxygen atoms in total. The van der Waals surface area contributed by atoms with E-state index in [-0.39, 0.29) is 0 Å². The second-order valence-corrected chi connectivity index (χ2v) is 4.09. The number of nitrogens with zero attached hydrogens (tertiary/aromatic N) is 2. The molecule has 0 amide bonds. The molecular formula is C10H10N2OS. The van der Waals surface area contributed by atoms with Crippen LogP contribution in [0.4, 0.5) is 0 Å². The number of carbonyl (C=O) groups excluding carboxylic acids is 1. The van der Waals surface area contributed by atoms with Gasteiger partial charge in [0.25, 0.3) is 0 Å². The Morgan fingerprint density at radius 3 is 3.07 bits per heavy atom. The first-order valence-corrected chi connectivity index (χ1v) is 5.18. The van der Waals surface area contributed by atoms with Crippen molar-refractivity contribution in [3.63, 3.8) is 0 Å². The minimum absolute atomic E-state index is 0.622. The van der Waals surface area contributed by atoms with Crippen LogP contribution in [0.3, 0.4) is 0 Å². The van der Waals surface area contributed by atoms with Crippen molar-refractivity contribution in [3.8, 4) is 0 Å². The van der Waals surface area contributed by atoms with E-state index in [4.69, 9.17) is 0 Å². The van der Waals surface area contributed by atoms with Gasteiger partial charge in [0.05, 0.1) is 5.69 Å². The van der Waals surface area contributed by atoms with Crippen LogP contribution in [0.5, 0.6) is 0 Å². The van der Waals surface area contributed by atoms with Crippen molar-refractivity contribution in [2.75, 3.05) is 0 Å². The van der Waals surface area contributed by atoms with Crippen LogP contribution < -0.4 is 0 Å². The number of aromatic nitrogens is 2. The quantitative estimate of drug-likeness (QED) is 0.719. The Labute approximate surface area is 86.0 Å². The van der Waals surface area contributed by atoms with E-state index in [2.05, 4.69) is 11.2 Å². The summed E-state index contributed by atoms with van der Waals surface area (Å²) in [5, 5.41) is 6.29. The second kappa shape index (κ2) is 3.75. The zero-order valence-corrected chi connectivity index (χ0v) is 8.62. The lowest BCUT2D eigenvalue weighted by molar-refractivity contribution is 0.111. The number of carbonyl (C=O) groups is 1. The van der Waals surface area contributed by atoms with Gasteiger partial charge in [0.15, 0.2) is 6.29 Å². The third-order valence-electron chi connectivity index (χ3n) is 2.02. The minimum atomic E-state index is 0.622. The maximum Gasteiger partial charge on any atom is 0.168 e. The van der Waals surface area contributed by atoms with Crippen LogP contribution in [0.15, 0.2) is 23.6 Å². The van der Waals surface area contributed by atoms with E-state index in [1.807, 2.05) is 17.5 Å². The second-order valence-electron chi connectivity index (χ2n) is 3.06. The van der Waals surface area contributed by atoms with E-state index >= 15 is 0 Å². The number of rotatable bonds is 3. The number of aryl methyl sites for hydroxylation is 1. The van der Waals surface area contributed by atoms with Gasteiger partial charge in [-0.15, -0.1) is 11.3 Å². The molecule has 0 fully saturated rings. The summed E-state index contributed by atoms with van der Waals surface area (Å²) in [5.41, 5.74) is 1.56. The lowest BCUT2D eigenvalue weighted by atomic mass is 10.2. The summed E-state index contributed by atoms with van der Waals surface area (Å²) >= 11 is 1.70. The highest BCUT2D eigenvalue weighted by atomic mass is 32.1. The molecule has 0 bridgehead atoms. The van der Waals surface area contributed by atoms with Crippen molar-refractivity contribution in [1.29, 1.82) is 0 Å². The molecule has 0 unspecified atom stereocenters. The van der Waals surface area contributed by atoms with Crippen LogP contribution >= 0.6 is 11.3 Å². The van der Waals surface area contributed by atoms with Gasteiger partial charge in [-0.2, -0.15) is 5.10 Å². The van der Waals surface area contributed by atoms with Crippen molar-refractivity contribution in [2.45, 2.75) is 6.42 Å². The number of hydrogen-bond donors (Lipinski definition) is 0. The Bertz CT molecular complexity index is 431. The van der Waals surface area contributed by atoms with Crippen molar-refractivity contribution in [1.82, 2.24) is 9.78 Å². The highest BCUT2D eigenvalue weighted by Gasteiger charge is 2.04. The highest BCUT2D eigenvalue weighted by molar-refractivity contribution is 7.09. The minimum Gasteiger partial charge on any atom is -0.296 e. The molecule has 4 heteroatoms. The summed E-state index contributed by atoms with van der Waals surface area (Å²) in [5.74, 6) is 0. The fraction of sp³-hybridized carbons (Fsp3) is 0.200. The molecule has 2 aromatic heterocycles. The van der Waals surface area contributed by atoms with E-state index in [1.54, 1.807) is 23.1 Å². The molecule has 2 heterocycles. The first-order valence-electron chi connectivity index (χ1n) is 4.30. The third-order valence-corrected chi connectivity index (χ3v) is 2.90. The molecule has 2 aromatic rings. The Balaban J connectivity index is 2.21. The van der Waals surface area contributed by atoms with Gasteiger partial charge in [-0.25, -0.2) is 0 Å². The molecule has 72 valence electrons. The maximum absolute atomic E-state index is 10.6. The molecule has 0 radical (unpaired) electrons. The van der Waals surface area contributed by atoms with Crippen LogP contribution in [0, 0.1) is 0 Å². The average Bonchev–Trinajstić information content (AvgIpc) is 2.76. The molecule has 0 N–H and O–H groups in total. The largest absolute Gasteiger partial charge is 0.296 e. The van der Waals surface area contributed by atoms with E-state index in [0.717, 1.165) is 18.4 Å². The van der Waals surface area contributed by atoms with E-state index in [1.165, 1.54) is 4.88 Å². The summed E-state index contributed by atoms with van der Waals surface area (Å²) in [6, 6.07) is 5.91. The SMILES string of the molecule is Cn1nc(Cc2cccs2)cc1C=O. The normalized spacial score (nSPS) is 10.4. The predicted octanol–water partition coefficient (Wildman–Crippen LogP) is 1.88. The van der Waals surface area contributed by atoms with Crippen LogP contribution in [0.1, 0.15) is 21.1 Å². The first kappa shape index (κ1) is 9.15. The Morgan fingerprint density at radius 1 is 1.64 bits per heavy atom. The van der Waals surface area contributed by atoms with Gasteiger partial charge in [0.2, 0.25) is 0 Å². The summed E-state index contributed by atoms with van der Waals surface area (Å²) < 4.78 is 1.61. The van der Waals surface area contributed by atoms with Crippen molar-refractivity contribution in [2.24, 2.45) is 7.05 Å². The van der Waals surface area contributed by atoms with Gasteiger partial charge in [0.1, 0.15) is 5.69 Å². The topological polar surface area (TPSA) is 34.9 Å². The summed E-state index contributed by atoms with van der Waals surface area (Å²) in [6.07, 6.45) is 1.63. The lowest BCUT2D eigenvalue weighted by Gasteiger charge is -1.91. The van der Waals surface area contributed by atoms with Crippen LogP contribution in [0.25, 0.3) is 0 Å². The van der Waals surface area contributed by atoms with Crippen molar-refractivity contribution >= 4 is 17.6 Å². The molecule has 0 spiro atoms. The molecule has 0 saturated carbocycles. The maximum atomic E-state index is 10.6. The Morgan fingerprint density at radius 2 is 2.50 bits per heavy atom. The smallest absolute Gasteiger partial charge is 0.168 e. The van der Waals surface area contributed by atoms with E-state index in [9.17, 15) is 4.79 Å². The highest BCUT2D eigenvalue weighted by Crippen LogP contribution is 2.14.